The molecule has 1 aliphatic carbocycles. The van der Waals surface area contributed by atoms with Crippen LogP contribution in [0.4, 0.5) is 11.8 Å². The second-order valence-electron chi connectivity index (χ2n) is 5.62. The van der Waals surface area contributed by atoms with E-state index in [1.54, 1.807) is 6.33 Å². The third kappa shape index (κ3) is 2.84. The van der Waals surface area contributed by atoms with Crippen molar-refractivity contribution in [2.45, 2.75) is 33.1 Å². The molecule has 1 aliphatic rings. The lowest BCUT2D eigenvalue weighted by molar-refractivity contribution is 0.536. The topological polar surface area (TPSA) is 78.5 Å². The molecule has 3 rings (SSSR count). The van der Waals surface area contributed by atoms with Crippen LogP contribution in [0.1, 0.15) is 33.1 Å². The standard InChI is InChI=1S/C14H22N6/c1-3-6-15-14-19-12(11-13(20-14)18-8-17-11)16-7-9(2)10-4-5-10/h8-10H,3-7H2,1-2H3,(H3,15,16,17,18,19,20). The molecule has 2 heterocycles. The van der Waals surface area contributed by atoms with E-state index in [-0.39, 0.29) is 0 Å². The molecular weight excluding hydrogens is 252 g/mol. The first-order chi connectivity index (χ1) is 9.78. The van der Waals surface area contributed by atoms with Crippen LogP contribution in [0.5, 0.6) is 0 Å². The minimum atomic E-state index is 0.646. The molecule has 20 heavy (non-hydrogen) atoms. The van der Waals surface area contributed by atoms with Crippen LogP contribution in [-0.2, 0) is 0 Å². The highest BCUT2D eigenvalue weighted by molar-refractivity contribution is 5.83. The van der Waals surface area contributed by atoms with Gasteiger partial charge in [-0.25, -0.2) is 4.98 Å². The Hall–Kier alpha value is -1.85. The molecule has 1 saturated carbocycles. The molecule has 1 unspecified atom stereocenters. The number of nitrogens with one attached hydrogen (secondary N) is 3. The summed E-state index contributed by atoms with van der Waals surface area (Å²) in [7, 11) is 0. The Kier molecular flexibility index (Phi) is 3.71. The van der Waals surface area contributed by atoms with Gasteiger partial charge < -0.3 is 15.6 Å². The second kappa shape index (κ2) is 5.64. The van der Waals surface area contributed by atoms with Crippen LogP contribution < -0.4 is 10.6 Å². The van der Waals surface area contributed by atoms with Crippen molar-refractivity contribution in [3.8, 4) is 0 Å². The normalized spacial score (nSPS) is 16.3. The van der Waals surface area contributed by atoms with Crippen LogP contribution in [0.3, 0.4) is 0 Å². The first-order valence-corrected chi connectivity index (χ1v) is 7.46. The number of imidazole rings is 1. The molecule has 3 N–H and O–H groups in total. The SMILES string of the molecule is CCCNc1nc(NCC(C)C2CC2)c2[nH]cnc2n1. The molecule has 108 valence electrons. The van der Waals surface area contributed by atoms with Gasteiger partial charge >= 0.3 is 0 Å². The largest absolute Gasteiger partial charge is 0.368 e. The van der Waals surface area contributed by atoms with Crippen LogP contribution in [0.25, 0.3) is 11.2 Å². The van der Waals surface area contributed by atoms with Gasteiger partial charge in [0.15, 0.2) is 11.5 Å². The van der Waals surface area contributed by atoms with E-state index in [1.807, 2.05) is 0 Å². The Bertz CT molecular complexity index is 574. The van der Waals surface area contributed by atoms with Gasteiger partial charge in [0.25, 0.3) is 0 Å². The van der Waals surface area contributed by atoms with Crippen molar-refractivity contribution in [1.29, 1.82) is 0 Å². The molecule has 2 aromatic rings. The van der Waals surface area contributed by atoms with Gasteiger partial charge in [0.2, 0.25) is 5.95 Å². The number of aromatic nitrogens is 4. The molecule has 1 atom stereocenters. The Morgan fingerprint density at radius 2 is 2.20 bits per heavy atom. The lowest BCUT2D eigenvalue weighted by Crippen LogP contribution is -2.15. The molecule has 0 radical (unpaired) electrons. The average molecular weight is 274 g/mol. The quantitative estimate of drug-likeness (QED) is 0.723. The second-order valence-corrected chi connectivity index (χ2v) is 5.62. The van der Waals surface area contributed by atoms with Gasteiger partial charge in [-0.3, -0.25) is 0 Å². The summed E-state index contributed by atoms with van der Waals surface area (Å²) in [6, 6.07) is 0. The molecule has 2 aromatic heterocycles. The highest BCUT2D eigenvalue weighted by atomic mass is 15.2. The summed E-state index contributed by atoms with van der Waals surface area (Å²) < 4.78 is 0. The number of hydrogen-bond acceptors (Lipinski definition) is 5. The van der Waals surface area contributed by atoms with E-state index in [9.17, 15) is 0 Å². The van der Waals surface area contributed by atoms with Crippen molar-refractivity contribution in [1.82, 2.24) is 19.9 Å². The molecule has 0 amide bonds. The number of nitrogens with zero attached hydrogens (tertiary/aromatic N) is 3. The number of rotatable bonds is 7. The molecule has 0 saturated heterocycles. The van der Waals surface area contributed by atoms with E-state index >= 15 is 0 Å². The van der Waals surface area contributed by atoms with Gasteiger partial charge in [-0.1, -0.05) is 13.8 Å². The van der Waals surface area contributed by atoms with Gasteiger partial charge in [-0.15, -0.1) is 0 Å². The third-order valence-electron chi connectivity index (χ3n) is 3.84. The van der Waals surface area contributed by atoms with Gasteiger partial charge in [-0.05, 0) is 31.1 Å². The fraction of sp³-hybridized carbons (Fsp3) is 0.643. The zero-order valence-corrected chi connectivity index (χ0v) is 12.1. The monoisotopic (exact) mass is 274 g/mol. The van der Waals surface area contributed by atoms with Crippen molar-refractivity contribution in [3.05, 3.63) is 6.33 Å². The number of H-pyrrole nitrogens is 1. The smallest absolute Gasteiger partial charge is 0.226 e. The van der Waals surface area contributed by atoms with Gasteiger partial charge in [-0.2, -0.15) is 9.97 Å². The molecule has 6 heteroatoms. The van der Waals surface area contributed by atoms with Crippen LogP contribution in [0.15, 0.2) is 6.33 Å². The molecule has 0 aliphatic heterocycles. The van der Waals surface area contributed by atoms with Gasteiger partial charge in [0.1, 0.15) is 5.52 Å². The maximum atomic E-state index is 4.56. The van der Waals surface area contributed by atoms with Crippen molar-refractivity contribution in [2.24, 2.45) is 11.8 Å². The molecule has 6 nitrogen and oxygen atoms in total. The highest BCUT2D eigenvalue weighted by Crippen LogP contribution is 2.36. The Morgan fingerprint density at radius 1 is 1.35 bits per heavy atom. The van der Waals surface area contributed by atoms with Crippen molar-refractivity contribution in [2.75, 3.05) is 23.7 Å². The summed E-state index contributed by atoms with van der Waals surface area (Å²) in [6.45, 7) is 6.24. The third-order valence-corrected chi connectivity index (χ3v) is 3.84. The first kappa shape index (κ1) is 13.1. The number of hydrogen-bond donors (Lipinski definition) is 3. The summed E-state index contributed by atoms with van der Waals surface area (Å²) in [5.74, 6) is 3.07. The molecule has 0 bridgehead atoms. The maximum absolute atomic E-state index is 4.56. The van der Waals surface area contributed by atoms with Crippen molar-refractivity contribution < 1.29 is 0 Å². The zero-order chi connectivity index (χ0) is 13.9. The lowest BCUT2D eigenvalue weighted by Gasteiger charge is -2.13. The number of anilines is 2. The van der Waals surface area contributed by atoms with E-state index in [1.165, 1.54) is 12.8 Å². The minimum absolute atomic E-state index is 0.646. The van der Waals surface area contributed by atoms with Crippen LogP contribution in [-0.4, -0.2) is 33.0 Å². The summed E-state index contributed by atoms with van der Waals surface area (Å²) in [4.78, 5) is 16.3. The van der Waals surface area contributed by atoms with E-state index in [0.29, 0.717) is 17.5 Å². The highest BCUT2D eigenvalue weighted by Gasteiger charge is 2.27. The Labute approximate surface area is 118 Å². The summed E-state index contributed by atoms with van der Waals surface area (Å²) in [6.07, 6.45) is 5.45. The van der Waals surface area contributed by atoms with Crippen molar-refractivity contribution >= 4 is 22.9 Å². The van der Waals surface area contributed by atoms with E-state index in [0.717, 1.165) is 36.8 Å². The molecule has 0 aromatic carbocycles. The fourth-order valence-corrected chi connectivity index (χ4v) is 2.37. The maximum Gasteiger partial charge on any atom is 0.226 e. The fourth-order valence-electron chi connectivity index (χ4n) is 2.37. The van der Waals surface area contributed by atoms with Crippen LogP contribution in [0.2, 0.25) is 0 Å². The molecule has 0 spiro atoms. The van der Waals surface area contributed by atoms with E-state index < -0.39 is 0 Å². The molecular formula is C14H22N6. The van der Waals surface area contributed by atoms with Gasteiger partial charge in [0, 0.05) is 13.1 Å². The van der Waals surface area contributed by atoms with E-state index in [4.69, 9.17) is 0 Å². The summed E-state index contributed by atoms with van der Waals surface area (Å²) in [5.41, 5.74) is 1.59. The number of fused-ring (bicyclic) bond motifs is 1. The Balaban J connectivity index is 1.77. The lowest BCUT2D eigenvalue weighted by atomic mass is 10.1. The average Bonchev–Trinajstić information content (AvgIpc) is 3.20. The molecule has 1 fully saturated rings. The Morgan fingerprint density at radius 3 is 2.95 bits per heavy atom. The first-order valence-electron chi connectivity index (χ1n) is 7.46. The minimum Gasteiger partial charge on any atom is -0.368 e. The predicted octanol–water partition coefficient (Wildman–Crippen LogP) is 2.63. The zero-order valence-electron chi connectivity index (χ0n) is 12.1. The van der Waals surface area contributed by atoms with Gasteiger partial charge in [0.05, 0.1) is 6.33 Å². The van der Waals surface area contributed by atoms with Crippen LogP contribution in [0, 0.1) is 11.8 Å². The summed E-state index contributed by atoms with van der Waals surface area (Å²) >= 11 is 0. The van der Waals surface area contributed by atoms with Crippen molar-refractivity contribution in [3.63, 3.8) is 0 Å². The van der Waals surface area contributed by atoms with Crippen LogP contribution >= 0.6 is 0 Å². The predicted molar refractivity (Wildman–Crippen MR) is 80.8 cm³/mol. The van der Waals surface area contributed by atoms with E-state index in [2.05, 4.69) is 44.4 Å². The number of aromatic amines is 1. The summed E-state index contributed by atoms with van der Waals surface area (Å²) in [5, 5.41) is 6.67.